The van der Waals surface area contributed by atoms with Crippen LogP contribution < -0.4 is 10.7 Å². The van der Waals surface area contributed by atoms with Gasteiger partial charge in [-0.05, 0) is 41.8 Å². The van der Waals surface area contributed by atoms with E-state index in [4.69, 9.17) is 0 Å². The van der Waals surface area contributed by atoms with E-state index in [0.717, 1.165) is 42.5 Å². The molecule has 0 saturated heterocycles. The maximum atomic E-state index is 13.0. The van der Waals surface area contributed by atoms with Crippen molar-refractivity contribution in [2.45, 2.75) is 32.7 Å². The fraction of sp³-hybridized carbons (Fsp3) is 0.185. The number of pyridine rings is 1. The summed E-state index contributed by atoms with van der Waals surface area (Å²) in [6.45, 7) is 2.94. The van der Waals surface area contributed by atoms with Crippen LogP contribution in [0.1, 0.15) is 36.5 Å². The van der Waals surface area contributed by atoms with Crippen LogP contribution in [0.3, 0.4) is 0 Å². The molecule has 0 aliphatic heterocycles. The van der Waals surface area contributed by atoms with Crippen LogP contribution in [0.5, 0.6) is 0 Å². The first-order valence-electron chi connectivity index (χ1n) is 10.8. The fourth-order valence-corrected chi connectivity index (χ4v) is 3.80. The Kier molecular flexibility index (Phi) is 6.27. The van der Waals surface area contributed by atoms with E-state index in [1.54, 1.807) is 12.3 Å². The number of rotatable bonds is 7. The zero-order chi connectivity index (χ0) is 21.6. The second-order valence-electron chi connectivity index (χ2n) is 7.69. The first-order valence-corrected chi connectivity index (χ1v) is 10.8. The van der Waals surface area contributed by atoms with Gasteiger partial charge in [0, 0.05) is 23.8 Å². The highest BCUT2D eigenvalue weighted by Crippen LogP contribution is 2.21. The van der Waals surface area contributed by atoms with E-state index in [-0.39, 0.29) is 16.9 Å². The van der Waals surface area contributed by atoms with Crippen molar-refractivity contribution in [3.63, 3.8) is 0 Å². The van der Waals surface area contributed by atoms with E-state index >= 15 is 0 Å². The molecular formula is C27H26N2O2. The van der Waals surface area contributed by atoms with E-state index in [9.17, 15) is 9.59 Å². The molecule has 0 radical (unpaired) electrons. The van der Waals surface area contributed by atoms with Gasteiger partial charge in [-0.3, -0.25) is 9.59 Å². The summed E-state index contributed by atoms with van der Waals surface area (Å²) >= 11 is 0. The number of aromatic nitrogens is 1. The van der Waals surface area contributed by atoms with Crippen molar-refractivity contribution in [3.05, 3.63) is 101 Å². The number of hydrogen-bond acceptors (Lipinski definition) is 2. The molecule has 0 saturated carbocycles. The summed E-state index contributed by atoms with van der Waals surface area (Å²) in [4.78, 5) is 26.0. The van der Waals surface area contributed by atoms with Gasteiger partial charge in [0.1, 0.15) is 5.56 Å². The quantitative estimate of drug-likeness (QED) is 0.374. The number of carbonyl (C=O) groups excluding carboxylic acids is 1. The van der Waals surface area contributed by atoms with Gasteiger partial charge in [0.05, 0.1) is 5.52 Å². The third-order valence-corrected chi connectivity index (χ3v) is 5.48. The van der Waals surface area contributed by atoms with Crippen LogP contribution in [0, 0.1) is 0 Å². The van der Waals surface area contributed by atoms with Gasteiger partial charge in [0.2, 0.25) is 5.43 Å². The molecule has 0 aliphatic rings. The van der Waals surface area contributed by atoms with Gasteiger partial charge in [-0.15, -0.1) is 0 Å². The molecule has 0 bridgehead atoms. The Balaban J connectivity index is 1.61. The first kappa shape index (κ1) is 20.6. The molecule has 0 aliphatic carbocycles. The SMILES string of the molecule is CCCCCn1cc(C(=O)Nc2ccc(-c3ccccc3)cc2)c(=O)c2ccccc21. The van der Waals surface area contributed by atoms with Crippen molar-refractivity contribution >= 4 is 22.5 Å². The largest absolute Gasteiger partial charge is 0.346 e. The number of fused-ring (bicyclic) bond motifs is 1. The van der Waals surface area contributed by atoms with Crippen LogP contribution in [0.4, 0.5) is 5.69 Å². The van der Waals surface area contributed by atoms with E-state index in [2.05, 4.69) is 12.2 Å². The Labute approximate surface area is 182 Å². The molecule has 0 unspecified atom stereocenters. The summed E-state index contributed by atoms with van der Waals surface area (Å²) in [5.74, 6) is -0.382. The van der Waals surface area contributed by atoms with Gasteiger partial charge in [-0.25, -0.2) is 0 Å². The Morgan fingerprint density at radius 2 is 1.52 bits per heavy atom. The van der Waals surface area contributed by atoms with Crippen molar-refractivity contribution < 1.29 is 4.79 Å². The van der Waals surface area contributed by atoms with Crippen LogP contribution >= 0.6 is 0 Å². The zero-order valence-electron chi connectivity index (χ0n) is 17.7. The third-order valence-electron chi connectivity index (χ3n) is 5.48. The standard InChI is InChI=1S/C27H26N2O2/c1-2-3-9-18-29-19-24(26(30)23-12-7-8-13-25(23)29)27(31)28-22-16-14-21(15-17-22)20-10-5-4-6-11-20/h4-8,10-17,19H,2-3,9,18H2,1H3,(H,28,31). The maximum Gasteiger partial charge on any atom is 0.261 e. The number of anilines is 1. The van der Waals surface area contributed by atoms with Gasteiger partial charge < -0.3 is 9.88 Å². The maximum absolute atomic E-state index is 13.0. The minimum Gasteiger partial charge on any atom is -0.346 e. The number of nitrogens with zero attached hydrogens (tertiary/aromatic N) is 1. The molecule has 156 valence electrons. The molecular weight excluding hydrogens is 384 g/mol. The Morgan fingerprint density at radius 3 is 2.26 bits per heavy atom. The topological polar surface area (TPSA) is 51.1 Å². The minimum atomic E-state index is -0.382. The van der Waals surface area contributed by atoms with Gasteiger partial charge in [-0.2, -0.15) is 0 Å². The highest BCUT2D eigenvalue weighted by molar-refractivity contribution is 6.05. The summed E-state index contributed by atoms with van der Waals surface area (Å²) < 4.78 is 2.03. The normalized spacial score (nSPS) is 10.9. The van der Waals surface area contributed by atoms with Crippen molar-refractivity contribution in [1.29, 1.82) is 0 Å². The molecule has 1 aromatic heterocycles. The van der Waals surface area contributed by atoms with Gasteiger partial charge >= 0.3 is 0 Å². The number of carbonyl (C=O) groups is 1. The summed E-state index contributed by atoms with van der Waals surface area (Å²) in [6, 6.07) is 25.2. The van der Waals surface area contributed by atoms with Crippen molar-refractivity contribution in [2.75, 3.05) is 5.32 Å². The van der Waals surface area contributed by atoms with Crippen molar-refractivity contribution in [3.8, 4) is 11.1 Å². The first-order chi connectivity index (χ1) is 15.2. The molecule has 1 amide bonds. The molecule has 4 heteroatoms. The molecule has 4 rings (SSSR count). The van der Waals surface area contributed by atoms with Crippen LogP contribution in [-0.2, 0) is 6.54 Å². The molecule has 0 fully saturated rings. The van der Waals surface area contributed by atoms with Gasteiger partial charge in [-0.1, -0.05) is 74.4 Å². The molecule has 4 nitrogen and oxygen atoms in total. The summed E-state index contributed by atoms with van der Waals surface area (Å²) in [5.41, 5.74) is 3.65. The molecule has 3 aromatic carbocycles. The highest BCUT2D eigenvalue weighted by atomic mass is 16.2. The van der Waals surface area contributed by atoms with Gasteiger partial charge in [0.15, 0.2) is 0 Å². The molecule has 1 heterocycles. The molecule has 1 N–H and O–H groups in total. The van der Waals surface area contributed by atoms with Crippen LogP contribution in [0.2, 0.25) is 0 Å². The van der Waals surface area contributed by atoms with Crippen LogP contribution in [0.25, 0.3) is 22.0 Å². The van der Waals surface area contributed by atoms with E-state index in [1.807, 2.05) is 77.4 Å². The Morgan fingerprint density at radius 1 is 0.839 bits per heavy atom. The second-order valence-corrected chi connectivity index (χ2v) is 7.69. The number of aryl methyl sites for hydroxylation is 1. The van der Waals surface area contributed by atoms with E-state index < -0.39 is 0 Å². The van der Waals surface area contributed by atoms with E-state index in [1.165, 1.54) is 0 Å². The number of benzene rings is 3. The average Bonchev–Trinajstić information content (AvgIpc) is 2.82. The van der Waals surface area contributed by atoms with E-state index in [0.29, 0.717) is 11.1 Å². The molecule has 31 heavy (non-hydrogen) atoms. The zero-order valence-corrected chi connectivity index (χ0v) is 17.7. The number of amides is 1. The fourth-order valence-electron chi connectivity index (χ4n) is 3.80. The van der Waals surface area contributed by atoms with Crippen molar-refractivity contribution in [2.24, 2.45) is 0 Å². The summed E-state index contributed by atoms with van der Waals surface area (Å²) in [7, 11) is 0. The second kappa shape index (κ2) is 9.43. The smallest absolute Gasteiger partial charge is 0.261 e. The number of hydrogen-bond donors (Lipinski definition) is 1. The lowest BCUT2D eigenvalue weighted by Gasteiger charge is -2.13. The highest BCUT2D eigenvalue weighted by Gasteiger charge is 2.15. The lowest BCUT2D eigenvalue weighted by Crippen LogP contribution is -2.24. The predicted octanol–water partition coefficient (Wildman–Crippen LogP) is 6.11. The Bertz CT molecular complexity index is 1240. The van der Waals surface area contributed by atoms with Gasteiger partial charge in [0.25, 0.3) is 5.91 Å². The average molecular weight is 411 g/mol. The van der Waals surface area contributed by atoms with Crippen molar-refractivity contribution in [1.82, 2.24) is 4.57 Å². The predicted molar refractivity (Wildman–Crippen MR) is 128 cm³/mol. The summed E-state index contributed by atoms with van der Waals surface area (Å²) in [5, 5.41) is 3.46. The number of nitrogens with one attached hydrogen (secondary N) is 1. The van der Waals surface area contributed by atoms with Crippen LogP contribution in [0.15, 0.2) is 89.9 Å². The molecule has 0 spiro atoms. The third kappa shape index (κ3) is 4.58. The molecule has 0 atom stereocenters. The molecule has 4 aromatic rings. The lowest BCUT2D eigenvalue weighted by molar-refractivity contribution is 0.102. The lowest BCUT2D eigenvalue weighted by atomic mass is 10.1. The number of unbranched alkanes of at least 4 members (excludes halogenated alkanes) is 2. The summed E-state index contributed by atoms with van der Waals surface area (Å²) in [6.07, 6.45) is 4.93. The minimum absolute atomic E-state index is 0.169. The number of para-hydroxylation sites is 1. The van der Waals surface area contributed by atoms with Crippen LogP contribution in [-0.4, -0.2) is 10.5 Å². The monoisotopic (exact) mass is 410 g/mol. The Hall–Kier alpha value is -3.66.